The second-order valence-electron chi connectivity index (χ2n) is 3.99. The van der Waals surface area contributed by atoms with Gasteiger partial charge in [0.1, 0.15) is 0 Å². The fourth-order valence-electron chi connectivity index (χ4n) is 1.83. The van der Waals surface area contributed by atoms with E-state index in [9.17, 15) is 4.79 Å². The second-order valence-corrected chi connectivity index (χ2v) is 5.72. The van der Waals surface area contributed by atoms with Gasteiger partial charge in [-0.15, -0.1) is 11.3 Å². The highest BCUT2D eigenvalue weighted by molar-refractivity contribution is 7.13. The highest BCUT2D eigenvalue weighted by Crippen LogP contribution is 2.31. The van der Waals surface area contributed by atoms with Crippen molar-refractivity contribution in [2.75, 3.05) is 5.32 Å². The third kappa shape index (κ3) is 2.59. The van der Waals surface area contributed by atoms with Gasteiger partial charge in [-0.3, -0.25) is 4.79 Å². The molecule has 0 radical (unpaired) electrons. The summed E-state index contributed by atoms with van der Waals surface area (Å²) < 4.78 is 0. The third-order valence-corrected chi connectivity index (χ3v) is 4.33. The maximum atomic E-state index is 12.1. The van der Waals surface area contributed by atoms with E-state index in [0.717, 1.165) is 16.1 Å². The predicted octanol–water partition coefficient (Wildman–Crippen LogP) is 4.73. The first-order valence-electron chi connectivity index (χ1n) is 5.81. The van der Waals surface area contributed by atoms with Crippen LogP contribution in [0.15, 0.2) is 58.6 Å². The molecule has 0 aliphatic rings. The van der Waals surface area contributed by atoms with Crippen molar-refractivity contribution in [2.24, 2.45) is 0 Å². The van der Waals surface area contributed by atoms with Gasteiger partial charge in [0.25, 0.3) is 5.91 Å². The Morgan fingerprint density at radius 3 is 2.63 bits per heavy atom. The number of amides is 1. The lowest BCUT2D eigenvalue weighted by Gasteiger charge is -2.09. The molecule has 0 saturated carbocycles. The molecule has 0 aliphatic heterocycles. The molecular weight excluding hydrogens is 274 g/mol. The summed E-state index contributed by atoms with van der Waals surface area (Å²) in [5.74, 6) is -0.0646. The Morgan fingerprint density at radius 1 is 1.00 bits per heavy atom. The van der Waals surface area contributed by atoms with E-state index in [1.54, 1.807) is 11.3 Å². The van der Waals surface area contributed by atoms with Gasteiger partial charge in [0.15, 0.2) is 0 Å². The van der Waals surface area contributed by atoms with Crippen molar-refractivity contribution in [3.63, 3.8) is 0 Å². The minimum atomic E-state index is -0.0646. The summed E-state index contributed by atoms with van der Waals surface area (Å²) in [6, 6.07) is 13.8. The van der Waals surface area contributed by atoms with Crippen LogP contribution in [0.1, 0.15) is 10.4 Å². The van der Waals surface area contributed by atoms with Crippen molar-refractivity contribution in [2.45, 2.75) is 0 Å². The number of rotatable bonds is 3. The van der Waals surface area contributed by atoms with E-state index in [1.807, 2.05) is 52.5 Å². The molecule has 1 N–H and O–H groups in total. The van der Waals surface area contributed by atoms with Gasteiger partial charge < -0.3 is 5.32 Å². The summed E-state index contributed by atoms with van der Waals surface area (Å²) >= 11 is 3.19. The van der Waals surface area contributed by atoms with Gasteiger partial charge in [-0.25, -0.2) is 0 Å². The Kier molecular flexibility index (Phi) is 3.44. The monoisotopic (exact) mass is 285 g/mol. The van der Waals surface area contributed by atoms with Crippen molar-refractivity contribution < 1.29 is 4.79 Å². The maximum Gasteiger partial charge on any atom is 0.256 e. The van der Waals surface area contributed by atoms with Crippen molar-refractivity contribution in [3.05, 3.63) is 64.2 Å². The average molecular weight is 285 g/mol. The van der Waals surface area contributed by atoms with E-state index < -0.39 is 0 Å². The summed E-state index contributed by atoms with van der Waals surface area (Å²) in [5, 5.41) is 8.76. The smallest absolute Gasteiger partial charge is 0.256 e. The summed E-state index contributed by atoms with van der Waals surface area (Å²) in [6.07, 6.45) is 0. The third-order valence-electron chi connectivity index (χ3n) is 2.75. The number of hydrogen-bond acceptors (Lipinski definition) is 3. The van der Waals surface area contributed by atoms with E-state index in [4.69, 9.17) is 0 Å². The van der Waals surface area contributed by atoms with Crippen molar-refractivity contribution >= 4 is 34.3 Å². The number of hydrogen-bond donors (Lipinski definition) is 1. The first-order chi connectivity index (χ1) is 9.34. The SMILES string of the molecule is O=C(Nc1ccccc1-c1cccs1)c1ccsc1. The van der Waals surface area contributed by atoms with Crippen LogP contribution >= 0.6 is 22.7 Å². The topological polar surface area (TPSA) is 29.1 Å². The molecule has 0 atom stereocenters. The zero-order chi connectivity index (χ0) is 13.1. The van der Waals surface area contributed by atoms with E-state index in [0.29, 0.717) is 5.56 Å². The maximum absolute atomic E-state index is 12.1. The molecule has 0 spiro atoms. The molecule has 0 bridgehead atoms. The van der Waals surface area contributed by atoms with Gasteiger partial charge in [-0.2, -0.15) is 11.3 Å². The molecule has 2 aromatic heterocycles. The fraction of sp³-hybridized carbons (Fsp3) is 0. The van der Waals surface area contributed by atoms with E-state index in [-0.39, 0.29) is 5.91 Å². The molecule has 1 aromatic carbocycles. The molecule has 3 aromatic rings. The molecule has 0 unspecified atom stereocenters. The Labute approximate surface area is 119 Å². The molecule has 2 heterocycles. The summed E-state index contributed by atoms with van der Waals surface area (Å²) in [7, 11) is 0. The number of nitrogens with one attached hydrogen (secondary N) is 1. The normalized spacial score (nSPS) is 10.3. The van der Waals surface area contributed by atoms with E-state index >= 15 is 0 Å². The lowest BCUT2D eigenvalue weighted by atomic mass is 10.1. The van der Waals surface area contributed by atoms with Crippen molar-refractivity contribution in [1.29, 1.82) is 0 Å². The average Bonchev–Trinajstić information content (AvgIpc) is 3.13. The molecular formula is C15H11NOS2. The van der Waals surface area contributed by atoms with Gasteiger partial charge in [-0.05, 0) is 29.0 Å². The van der Waals surface area contributed by atoms with Crippen LogP contribution < -0.4 is 5.32 Å². The molecule has 0 aliphatic carbocycles. The minimum absolute atomic E-state index is 0.0646. The molecule has 94 valence electrons. The number of carbonyl (C=O) groups is 1. The van der Waals surface area contributed by atoms with Gasteiger partial charge in [0.05, 0.1) is 5.56 Å². The summed E-state index contributed by atoms with van der Waals surface area (Å²) in [6.45, 7) is 0. The first kappa shape index (κ1) is 12.1. The molecule has 4 heteroatoms. The van der Waals surface area contributed by atoms with Crippen molar-refractivity contribution in [3.8, 4) is 10.4 Å². The predicted molar refractivity (Wildman–Crippen MR) is 82.0 cm³/mol. The highest BCUT2D eigenvalue weighted by atomic mass is 32.1. The van der Waals surface area contributed by atoms with Gasteiger partial charge >= 0.3 is 0 Å². The molecule has 19 heavy (non-hydrogen) atoms. The number of para-hydroxylation sites is 1. The second kappa shape index (κ2) is 5.38. The Morgan fingerprint density at radius 2 is 1.89 bits per heavy atom. The van der Waals surface area contributed by atoms with Crippen LogP contribution in [0.4, 0.5) is 5.69 Å². The zero-order valence-electron chi connectivity index (χ0n) is 10.00. The molecule has 2 nitrogen and oxygen atoms in total. The largest absolute Gasteiger partial charge is 0.321 e. The number of thiophene rings is 2. The van der Waals surface area contributed by atoms with Gasteiger partial charge in [0.2, 0.25) is 0 Å². The number of anilines is 1. The lowest BCUT2D eigenvalue weighted by Crippen LogP contribution is -2.11. The van der Waals surface area contributed by atoms with Crippen LogP contribution in [0.5, 0.6) is 0 Å². The van der Waals surface area contributed by atoms with Crippen LogP contribution in [0.2, 0.25) is 0 Å². The van der Waals surface area contributed by atoms with Crippen LogP contribution in [0.3, 0.4) is 0 Å². The number of carbonyl (C=O) groups excluding carboxylic acids is 1. The van der Waals surface area contributed by atoms with Crippen LogP contribution in [0, 0.1) is 0 Å². The first-order valence-corrected chi connectivity index (χ1v) is 7.63. The Balaban J connectivity index is 1.92. The van der Waals surface area contributed by atoms with Crippen LogP contribution in [0.25, 0.3) is 10.4 Å². The van der Waals surface area contributed by atoms with Gasteiger partial charge in [0, 0.05) is 21.5 Å². The Hall–Kier alpha value is -1.91. The van der Waals surface area contributed by atoms with Gasteiger partial charge in [-0.1, -0.05) is 24.3 Å². The van der Waals surface area contributed by atoms with E-state index in [1.165, 1.54) is 11.3 Å². The summed E-state index contributed by atoms with van der Waals surface area (Å²) in [5.41, 5.74) is 2.60. The van der Waals surface area contributed by atoms with Crippen LogP contribution in [-0.2, 0) is 0 Å². The Bertz CT molecular complexity index is 672. The molecule has 0 fully saturated rings. The lowest BCUT2D eigenvalue weighted by molar-refractivity contribution is 0.102. The molecule has 3 rings (SSSR count). The summed E-state index contributed by atoms with van der Waals surface area (Å²) in [4.78, 5) is 13.2. The molecule has 0 saturated heterocycles. The number of benzene rings is 1. The quantitative estimate of drug-likeness (QED) is 0.740. The van der Waals surface area contributed by atoms with Crippen molar-refractivity contribution in [1.82, 2.24) is 0 Å². The van der Waals surface area contributed by atoms with E-state index in [2.05, 4.69) is 11.4 Å². The zero-order valence-corrected chi connectivity index (χ0v) is 11.6. The van der Waals surface area contributed by atoms with Crippen LogP contribution in [-0.4, -0.2) is 5.91 Å². The standard InChI is InChI=1S/C15H11NOS2/c17-15(11-7-9-18-10-11)16-13-5-2-1-4-12(13)14-6-3-8-19-14/h1-10H,(H,16,17). The minimum Gasteiger partial charge on any atom is -0.321 e. The molecule has 1 amide bonds. The fourth-order valence-corrected chi connectivity index (χ4v) is 3.23. The highest BCUT2D eigenvalue weighted by Gasteiger charge is 2.10.